The summed E-state index contributed by atoms with van der Waals surface area (Å²) in [6.45, 7) is 17.4. The van der Waals surface area contributed by atoms with Gasteiger partial charge in [-0.1, -0.05) is 4.85 Å². The summed E-state index contributed by atoms with van der Waals surface area (Å²) in [5, 5.41) is 0. The molecule has 0 aromatic rings. The molecule has 0 spiro atoms. The molecule has 0 aromatic heterocycles. The third-order valence-electron chi connectivity index (χ3n) is 3.55. The average Bonchev–Trinajstić information content (AvgIpc) is 2.26. The van der Waals surface area contributed by atoms with Gasteiger partial charge in [0.05, 0.1) is 24.7 Å². The number of hydrogen-bond donors (Lipinski definition) is 1. The predicted molar refractivity (Wildman–Crippen MR) is 87.8 cm³/mol. The van der Waals surface area contributed by atoms with E-state index in [0.29, 0.717) is 35.4 Å². The lowest BCUT2D eigenvalue weighted by molar-refractivity contribution is -0.882. The van der Waals surface area contributed by atoms with Crippen molar-refractivity contribution in [3.8, 4) is 6.07 Å². The van der Waals surface area contributed by atoms with Crippen molar-refractivity contribution in [3.05, 3.63) is 4.85 Å². The second kappa shape index (κ2) is 8.95. The van der Waals surface area contributed by atoms with E-state index in [-0.39, 0.29) is 6.04 Å². The van der Waals surface area contributed by atoms with Crippen LogP contribution in [0.4, 0.5) is 0 Å². The van der Waals surface area contributed by atoms with Gasteiger partial charge in [-0.05, 0) is 41.5 Å². The second-order valence-corrected chi connectivity index (χ2v) is 7.75. The van der Waals surface area contributed by atoms with Crippen LogP contribution >= 0.6 is 8.53 Å². The number of nitrogens with zero attached hydrogens (tertiary/aromatic N) is 2. The number of hydrogen-bond acceptors (Lipinski definition) is 2. The lowest BCUT2D eigenvalue weighted by Crippen LogP contribution is -2.57. The van der Waals surface area contributed by atoms with Crippen LogP contribution in [0.5, 0.6) is 0 Å². The first-order valence-electron chi connectivity index (χ1n) is 7.60. The summed E-state index contributed by atoms with van der Waals surface area (Å²) < 4.78 is 6.35. The van der Waals surface area contributed by atoms with Crippen molar-refractivity contribution in [1.82, 2.24) is 0 Å². The first-order chi connectivity index (χ1) is 9.17. The van der Waals surface area contributed by atoms with Crippen molar-refractivity contribution in [2.75, 3.05) is 6.61 Å². The number of rotatable bonds is 7. The summed E-state index contributed by atoms with van der Waals surface area (Å²) in [5.74, 6) is 0. The lowest BCUT2D eigenvalue weighted by Gasteiger charge is -2.49. The highest BCUT2D eigenvalue weighted by Crippen LogP contribution is 2.51. The van der Waals surface area contributed by atoms with Crippen LogP contribution in [0.2, 0.25) is 0 Å². The molecule has 0 rings (SSSR count). The molecule has 0 bridgehead atoms. The van der Waals surface area contributed by atoms with E-state index in [9.17, 15) is 4.89 Å². The molecular weight excluding hydrogens is 271 g/mol. The fourth-order valence-corrected chi connectivity index (χ4v) is 4.54. The maximum atomic E-state index is 10.6. The van der Waals surface area contributed by atoms with E-state index < -0.39 is 8.53 Å². The minimum Gasteiger partial charge on any atom is -0.303 e. The minimum absolute atomic E-state index is 0.266. The average molecular weight is 304 g/mol. The molecule has 0 aliphatic rings. The van der Waals surface area contributed by atoms with E-state index in [0.717, 1.165) is 0 Å². The second-order valence-electron chi connectivity index (χ2n) is 6.29. The molecule has 0 amide bonds. The molecular formula is C15H33N2O2P+2. The van der Waals surface area contributed by atoms with Crippen molar-refractivity contribution in [3.63, 3.8) is 0 Å². The Labute approximate surface area is 126 Å². The Kier molecular flexibility index (Phi) is 8.86. The maximum absolute atomic E-state index is 10.6. The van der Waals surface area contributed by atoms with Gasteiger partial charge in [0.25, 0.3) is 12.1 Å². The monoisotopic (exact) mass is 304 g/mol. The topological polar surface area (TPSA) is 33.8 Å². The van der Waals surface area contributed by atoms with Gasteiger partial charge in [0.2, 0.25) is 0 Å². The Morgan fingerprint density at radius 3 is 1.80 bits per heavy atom. The molecule has 1 unspecified atom stereocenters. The standard InChI is InChI=1S/C15H33N2O2P/c1-12(2)16-10-9-11-19-20(18)17(13(3)4,14(5)6)15(7)8/h12-15,18H,9,11H2,1-8H3/q+2. The van der Waals surface area contributed by atoms with Crippen LogP contribution in [-0.2, 0) is 4.52 Å². The van der Waals surface area contributed by atoms with Crippen molar-refractivity contribution in [2.24, 2.45) is 0 Å². The van der Waals surface area contributed by atoms with Gasteiger partial charge in [-0.3, -0.25) is 8.78 Å². The number of quaternary nitrogens is 1. The third-order valence-corrected chi connectivity index (χ3v) is 5.94. The molecule has 0 radical (unpaired) electrons. The van der Waals surface area contributed by atoms with Crippen LogP contribution in [0.25, 0.3) is 4.85 Å². The van der Waals surface area contributed by atoms with Gasteiger partial charge in [-0.15, -0.1) is 0 Å². The van der Waals surface area contributed by atoms with E-state index in [1.165, 1.54) is 0 Å². The van der Waals surface area contributed by atoms with Crippen molar-refractivity contribution in [1.29, 1.82) is 0 Å². The van der Waals surface area contributed by atoms with Crippen LogP contribution in [0.3, 0.4) is 0 Å². The van der Waals surface area contributed by atoms with E-state index in [1.54, 1.807) is 0 Å². The van der Waals surface area contributed by atoms with Gasteiger partial charge in [-0.2, -0.15) is 0 Å². The van der Waals surface area contributed by atoms with Crippen molar-refractivity contribution >= 4 is 8.53 Å². The fourth-order valence-electron chi connectivity index (χ4n) is 2.90. The highest BCUT2D eigenvalue weighted by molar-refractivity contribution is 7.39. The maximum Gasteiger partial charge on any atom is 0.416 e. The summed E-state index contributed by atoms with van der Waals surface area (Å²) >= 11 is 0. The fraction of sp³-hybridized carbons (Fsp3) is 0.933. The van der Waals surface area contributed by atoms with Gasteiger partial charge in [0.15, 0.2) is 0 Å². The molecule has 4 nitrogen and oxygen atoms in total. The minimum atomic E-state index is -1.52. The molecule has 20 heavy (non-hydrogen) atoms. The molecule has 0 heterocycles. The highest BCUT2D eigenvalue weighted by Gasteiger charge is 2.47. The van der Waals surface area contributed by atoms with E-state index >= 15 is 0 Å². The molecule has 0 aliphatic heterocycles. The van der Waals surface area contributed by atoms with Crippen LogP contribution in [0.15, 0.2) is 0 Å². The molecule has 0 fully saturated rings. The largest absolute Gasteiger partial charge is 0.416 e. The Morgan fingerprint density at radius 2 is 1.45 bits per heavy atom. The van der Waals surface area contributed by atoms with Crippen LogP contribution in [-0.4, -0.2) is 39.9 Å². The molecule has 5 heteroatoms. The van der Waals surface area contributed by atoms with Gasteiger partial charge < -0.3 is 4.89 Å². The van der Waals surface area contributed by atoms with Gasteiger partial charge in [-0.25, -0.2) is 0 Å². The zero-order valence-electron chi connectivity index (χ0n) is 14.4. The van der Waals surface area contributed by atoms with E-state index in [2.05, 4.69) is 52.5 Å². The SMILES string of the molecule is CC(C)[N+]#CCCOP(O)[N+](C(C)C)(C(C)C)C(C)C. The summed E-state index contributed by atoms with van der Waals surface area (Å²) in [6.07, 6.45) is 0.631. The quantitative estimate of drug-likeness (QED) is 0.559. The molecule has 1 N–H and O–H groups in total. The predicted octanol–water partition coefficient (Wildman–Crippen LogP) is 4.40. The smallest absolute Gasteiger partial charge is 0.303 e. The molecule has 1 atom stereocenters. The van der Waals surface area contributed by atoms with Crippen molar-refractivity contribution < 1.29 is 13.7 Å². The molecule has 0 saturated heterocycles. The van der Waals surface area contributed by atoms with Gasteiger partial charge in [0, 0.05) is 13.8 Å². The Hall–Kier alpha value is -0.200. The first-order valence-corrected chi connectivity index (χ1v) is 8.77. The van der Waals surface area contributed by atoms with Gasteiger partial charge >= 0.3 is 8.53 Å². The molecule has 0 saturated carbocycles. The Bertz CT molecular complexity index is 311. The molecule has 0 aromatic carbocycles. The van der Waals surface area contributed by atoms with Crippen LogP contribution < -0.4 is 0 Å². The zero-order valence-corrected chi connectivity index (χ0v) is 15.3. The summed E-state index contributed by atoms with van der Waals surface area (Å²) in [6, 6.07) is 4.19. The molecule has 118 valence electrons. The normalized spacial score (nSPS) is 14.1. The third kappa shape index (κ3) is 4.97. The summed E-state index contributed by atoms with van der Waals surface area (Å²) in [7, 11) is -1.52. The Morgan fingerprint density at radius 1 is 1.00 bits per heavy atom. The summed E-state index contributed by atoms with van der Waals surface area (Å²) in [5.41, 5.74) is 0. The summed E-state index contributed by atoms with van der Waals surface area (Å²) in [4.78, 5) is 14.8. The van der Waals surface area contributed by atoms with Crippen LogP contribution in [0, 0.1) is 6.07 Å². The first kappa shape index (κ1) is 19.8. The highest BCUT2D eigenvalue weighted by atomic mass is 31.2. The van der Waals surface area contributed by atoms with Crippen molar-refractivity contribution in [2.45, 2.75) is 86.0 Å². The van der Waals surface area contributed by atoms with E-state index in [1.807, 2.05) is 13.8 Å². The molecule has 0 aliphatic carbocycles. The van der Waals surface area contributed by atoms with Gasteiger partial charge in [0.1, 0.15) is 6.42 Å². The zero-order chi connectivity index (χ0) is 15.9. The Balaban J connectivity index is 4.75. The van der Waals surface area contributed by atoms with Crippen LogP contribution in [0.1, 0.15) is 61.8 Å². The van der Waals surface area contributed by atoms with E-state index in [4.69, 9.17) is 4.52 Å². The lowest BCUT2D eigenvalue weighted by atomic mass is 10.2.